The summed E-state index contributed by atoms with van der Waals surface area (Å²) < 4.78 is 11.0. The quantitative estimate of drug-likeness (QED) is 0.872. The van der Waals surface area contributed by atoms with Crippen LogP contribution in [0.25, 0.3) is 11.4 Å². The number of rotatable bonds is 4. The summed E-state index contributed by atoms with van der Waals surface area (Å²) in [5.74, 6) is 2.22. The van der Waals surface area contributed by atoms with Crippen molar-refractivity contribution >= 4 is 18.2 Å². The van der Waals surface area contributed by atoms with Crippen molar-refractivity contribution in [1.29, 1.82) is 0 Å². The van der Waals surface area contributed by atoms with Crippen molar-refractivity contribution in [3.05, 3.63) is 24.2 Å². The van der Waals surface area contributed by atoms with Crippen LogP contribution in [0.15, 0.2) is 22.9 Å². The zero-order valence-corrected chi connectivity index (χ0v) is 15.7. The smallest absolute Gasteiger partial charge is 0.234 e. The maximum Gasteiger partial charge on any atom is 0.234 e. The van der Waals surface area contributed by atoms with Gasteiger partial charge in [0.15, 0.2) is 0 Å². The van der Waals surface area contributed by atoms with Crippen molar-refractivity contribution < 1.29 is 9.26 Å². The number of pyridine rings is 1. The number of hydrogen-bond acceptors (Lipinski definition) is 7. The van der Waals surface area contributed by atoms with Gasteiger partial charge < -0.3 is 19.9 Å². The maximum atomic E-state index is 6.02. The van der Waals surface area contributed by atoms with E-state index in [1.54, 1.807) is 0 Å². The second-order valence-electron chi connectivity index (χ2n) is 6.97. The number of nitrogens with two attached hydrogens (primary N) is 1. The van der Waals surface area contributed by atoms with Gasteiger partial charge in [0, 0.05) is 44.6 Å². The van der Waals surface area contributed by atoms with E-state index in [0.717, 1.165) is 37.3 Å². The molecule has 0 spiro atoms. The van der Waals surface area contributed by atoms with Crippen LogP contribution in [0.4, 0.5) is 5.82 Å². The Labute approximate surface area is 159 Å². The lowest BCUT2D eigenvalue weighted by molar-refractivity contribution is 0.0409. The molecule has 2 aromatic rings. The molecule has 0 bridgehead atoms. The lowest BCUT2D eigenvalue weighted by Crippen LogP contribution is -2.40. The molecule has 0 amide bonds. The van der Waals surface area contributed by atoms with Gasteiger partial charge in [-0.15, -0.1) is 12.4 Å². The number of hydrogen-bond donors (Lipinski definition) is 1. The summed E-state index contributed by atoms with van der Waals surface area (Å²) >= 11 is 0. The van der Waals surface area contributed by atoms with Crippen LogP contribution in [0.5, 0.6) is 0 Å². The first-order valence-electron chi connectivity index (χ1n) is 9.14. The van der Waals surface area contributed by atoms with Gasteiger partial charge >= 0.3 is 0 Å². The first-order chi connectivity index (χ1) is 12.3. The number of nitrogens with zero attached hydrogens (tertiary/aromatic N) is 4. The van der Waals surface area contributed by atoms with Crippen molar-refractivity contribution in [2.24, 2.45) is 5.73 Å². The van der Waals surface area contributed by atoms with E-state index in [9.17, 15) is 0 Å². The Balaban J connectivity index is 0.00000196. The highest BCUT2D eigenvalue weighted by Crippen LogP contribution is 2.33. The van der Waals surface area contributed by atoms with Crippen molar-refractivity contribution in [3.8, 4) is 11.4 Å². The summed E-state index contributed by atoms with van der Waals surface area (Å²) in [4.78, 5) is 11.6. The van der Waals surface area contributed by atoms with Gasteiger partial charge in [0.2, 0.25) is 11.7 Å². The predicted octanol–water partition coefficient (Wildman–Crippen LogP) is 2.55. The van der Waals surface area contributed by atoms with Crippen LogP contribution in [-0.4, -0.2) is 48.0 Å². The Morgan fingerprint density at radius 2 is 1.88 bits per heavy atom. The monoisotopic (exact) mass is 379 g/mol. The lowest BCUT2D eigenvalue weighted by atomic mass is 9.80. The van der Waals surface area contributed by atoms with E-state index in [1.807, 2.05) is 18.3 Å². The van der Waals surface area contributed by atoms with E-state index in [1.165, 1.54) is 19.3 Å². The highest BCUT2D eigenvalue weighted by molar-refractivity contribution is 5.85. The Morgan fingerprint density at radius 3 is 2.54 bits per heavy atom. The Morgan fingerprint density at radius 1 is 1.12 bits per heavy atom. The molecule has 0 aromatic carbocycles. The van der Waals surface area contributed by atoms with Crippen LogP contribution in [0.3, 0.4) is 0 Å². The molecule has 2 N–H and O–H groups in total. The van der Waals surface area contributed by atoms with E-state index >= 15 is 0 Å². The highest BCUT2D eigenvalue weighted by atomic mass is 35.5. The molecule has 0 radical (unpaired) electrons. The topological polar surface area (TPSA) is 90.3 Å². The zero-order chi connectivity index (χ0) is 17.1. The third-order valence-electron chi connectivity index (χ3n) is 5.41. The third kappa shape index (κ3) is 3.70. The molecule has 8 heteroatoms. The van der Waals surface area contributed by atoms with Gasteiger partial charge in [-0.05, 0) is 44.2 Å². The normalized spacial score (nSPS) is 19.8. The first kappa shape index (κ1) is 19.1. The summed E-state index contributed by atoms with van der Waals surface area (Å²) in [6.45, 7) is 4.02. The maximum absolute atomic E-state index is 6.02. The molecule has 2 aliphatic heterocycles. The van der Waals surface area contributed by atoms with Gasteiger partial charge in [-0.25, -0.2) is 4.98 Å². The van der Waals surface area contributed by atoms with Crippen LogP contribution < -0.4 is 10.6 Å². The Bertz CT molecular complexity index is 694. The predicted molar refractivity (Wildman–Crippen MR) is 102 cm³/mol. The first-order valence-corrected chi connectivity index (χ1v) is 9.14. The number of halogens is 1. The van der Waals surface area contributed by atoms with E-state index < -0.39 is 0 Å². The molecule has 2 aromatic heterocycles. The second-order valence-corrected chi connectivity index (χ2v) is 6.97. The summed E-state index contributed by atoms with van der Waals surface area (Å²) in [5.41, 5.74) is 6.63. The van der Waals surface area contributed by atoms with E-state index in [-0.39, 0.29) is 17.8 Å². The summed E-state index contributed by atoms with van der Waals surface area (Å²) in [5, 5.41) is 4.16. The second kappa shape index (κ2) is 8.33. The SMILES string of the molecule is Cl.NCC1(c2nc(-c3ccc(N4CCCCC4)nc3)no2)CCOCC1. The van der Waals surface area contributed by atoms with Crippen LogP contribution in [0.1, 0.15) is 38.0 Å². The van der Waals surface area contributed by atoms with Gasteiger partial charge in [0.1, 0.15) is 5.82 Å². The van der Waals surface area contributed by atoms with Gasteiger partial charge in [-0.2, -0.15) is 4.98 Å². The van der Waals surface area contributed by atoms with Gasteiger partial charge in [-0.1, -0.05) is 5.16 Å². The van der Waals surface area contributed by atoms with Crippen LogP contribution in [0.2, 0.25) is 0 Å². The van der Waals surface area contributed by atoms with Crippen LogP contribution in [-0.2, 0) is 10.2 Å². The molecule has 0 aliphatic carbocycles. The summed E-state index contributed by atoms with van der Waals surface area (Å²) in [7, 11) is 0. The highest BCUT2D eigenvalue weighted by Gasteiger charge is 2.38. The molecule has 142 valence electrons. The molecule has 0 saturated carbocycles. The molecule has 26 heavy (non-hydrogen) atoms. The molecular weight excluding hydrogens is 354 g/mol. The molecule has 0 atom stereocenters. The molecule has 2 saturated heterocycles. The standard InChI is InChI=1S/C18H25N5O2.ClH/c19-13-18(6-10-24-11-7-18)17-21-16(22-25-17)14-4-5-15(20-12-14)23-8-2-1-3-9-23;/h4-5,12H,1-3,6-11,13,19H2;1H. The van der Waals surface area contributed by atoms with E-state index in [4.69, 9.17) is 15.0 Å². The third-order valence-corrected chi connectivity index (χ3v) is 5.41. The molecule has 0 unspecified atom stereocenters. The number of anilines is 1. The average molecular weight is 380 g/mol. The van der Waals surface area contributed by atoms with Crippen LogP contribution in [0, 0.1) is 0 Å². The minimum Gasteiger partial charge on any atom is -0.381 e. The fourth-order valence-electron chi connectivity index (χ4n) is 3.65. The minimum atomic E-state index is -0.259. The summed E-state index contributed by atoms with van der Waals surface area (Å²) in [6.07, 6.45) is 7.26. The van der Waals surface area contributed by atoms with Crippen molar-refractivity contribution in [1.82, 2.24) is 15.1 Å². The van der Waals surface area contributed by atoms with Gasteiger partial charge in [-0.3, -0.25) is 0 Å². The number of ether oxygens (including phenoxy) is 1. The molecular formula is C18H26ClN5O2. The Kier molecular flexibility index (Phi) is 6.11. The van der Waals surface area contributed by atoms with Crippen molar-refractivity contribution in [3.63, 3.8) is 0 Å². The summed E-state index contributed by atoms with van der Waals surface area (Å²) in [6, 6.07) is 4.06. The fourth-order valence-corrected chi connectivity index (χ4v) is 3.65. The Hall–Kier alpha value is -1.70. The number of piperidine rings is 1. The van der Waals surface area contributed by atoms with Gasteiger partial charge in [0.05, 0.1) is 5.41 Å². The van der Waals surface area contributed by atoms with E-state index in [0.29, 0.717) is 31.5 Å². The van der Waals surface area contributed by atoms with Gasteiger partial charge in [0.25, 0.3) is 0 Å². The zero-order valence-electron chi connectivity index (χ0n) is 14.9. The molecule has 4 heterocycles. The lowest BCUT2D eigenvalue weighted by Gasteiger charge is -2.32. The number of aromatic nitrogens is 3. The van der Waals surface area contributed by atoms with E-state index in [2.05, 4.69) is 20.0 Å². The minimum absolute atomic E-state index is 0. The van der Waals surface area contributed by atoms with Crippen molar-refractivity contribution in [2.75, 3.05) is 37.7 Å². The fraction of sp³-hybridized carbons (Fsp3) is 0.611. The largest absolute Gasteiger partial charge is 0.381 e. The van der Waals surface area contributed by atoms with Crippen LogP contribution >= 0.6 is 12.4 Å². The van der Waals surface area contributed by atoms with Crippen molar-refractivity contribution in [2.45, 2.75) is 37.5 Å². The molecule has 7 nitrogen and oxygen atoms in total. The molecule has 4 rings (SSSR count). The molecule has 2 fully saturated rings. The molecule has 2 aliphatic rings. The average Bonchev–Trinajstić information content (AvgIpc) is 3.20.